The fourth-order valence-corrected chi connectivity index (χ4v) is 3.77. The van der Waals surface area contributed by atoms with Gasteiger partial charge in [0.25, 0.3) is 11.5 Å². The molecule has 0 aliphatic heterocycles. The number of nitrogens with one attached hydrogen (secondary N) is 3. The van der Waals surface area contributed by atoms with Crippen molar-refractivity contribution in [3.63, 3.8) is 0 Å². The summed E-state index contributed by atoms with van der Waals surface area (Å²) in [6.45, 7) is 2.20. The van der Waals surface area contributed by atoms with Gasteiger partial charge in [0.05, 0.1) is 5.39 Å². The molecule has 3 N–H and O–H groups in total. The molecule has 1 aliphatic carbocycles. The maximum absolute atomic E-state index is 12.4. The first kappa shape index (κ1) is 19.1. The lowest BCUT2D eigenvalue weighted by molar-refractivity contribution is -0.127. The largest absolute Gasteiger partial charge is 0.290 e. The standard InChI is InChI=1S/C20H26N4O3/c1-2-3-6-13-9-11-14(12-10-13)18(25)22-24-20(27)17-15-7-4-5-8-16(15)19(26)23-21-17/h4-5,7-8,13-14H,2-3,6,9-12H2,1H3,(H,22,25)(H,23,26)(H,24,27). The van der Waals surface area contributed by atoms with Gasteiger partial charge in [-0.15, -0.1) is 0 Å². The summed E-state index contributed by atoms with van der Waals surface area (Å²) in [7, 11) is 0. The van der Waals surface area contributed by atoms with Gasteiger partial charge in [0.2, 0.25) is 5.91 Å². The quantitative estimate of drug-likeness (QED) is 0.704. The first-order valence-electron chi connectivity index (χ1n) is 9.67. The molecule has 0 bridgehead atoms. The van der Waals surface area contributed by atoms with Gasteiger partial charge in [0.15, 0.2) is 5.69 Å². The molecule has 27 heavy (non-hydrogen) atoms. The molecule has 0 atom stereocenters. The lowest BCUT2D eigenvalue weighted by atomic mass is 9.79. The van der Waals surface area contributed by atoms with E-state index in [1.807, 2.05) is 0 Å². The van der Waals surface area contributed by atoms with Crippen LogP contribution < -0.4 is 16.4 Å². The minimum Gasteiger partial charge on any atom is -0.273 e. The summed E-state index contributed by atoms with van der Waals surface area (Å²) in [6.07, 6.45) is 7.55. The molecule has 1 fully saturated rings. The summed E-state index contributed by atoms with van der Waals surface area (Å²) < 4.78 is 0. The van der Waals surface area contributed by atoms with Crippen LogP contribution in [-0.2, 0) is 4.79 Å². The van der Waals surface area contributed by atoms with Gasteiger partial charge in [-0.05, 0) is 37.7 Å². The van der Waals surface area contributed by atoms with Crippen molar-refractivity contribution < 1.29 is 9.59 Å². The minimum absolute atomic E-state index is 0.0662. The summed E-state index contributed by atoms with van der Waals surface area (Å²) in [5, 5.41) is 6.98. The van der Waals surface area contributed by atoms with E-state index in [1.165, 1.54) is 19.3 Å². The number of H-pyrrole nitrogens is 1. The van der Waals surface area contributed by atoms with E-state index in [4.69, 9.17) is 0 Å². The third kappa shape index (κ3) is 4.53. The predicted octanol–water partition coefficient (Wildman–Crippen LogP) is 2.68. The van der Waals surface area contributed by atoms with Crippen LogP contribution in [0.3, 0.4) is 0 Å². The Morgan fingerprint density at radius 2 is 1.81 bits per heavy atom. The van der Waals surface area contributed by atoms with Crippen molar-refractivity contribution in [3.05, 3.63) is 40.3 Å². The number of rotatable bonds is 5. The second kappa shape index (κ2) is 8.79. The Kier molecular flexibility index (Phi) is 6.21. The van der Waals surface area contributed by atoms with Crippen molar-refractivity contribution in [2.45, 2.75) is 51.9 Å². The molecule has 2 amide bonds. The van der Waals surface area contributed by atoms with Crippen molar-refractivity contribution in [2.75, 3.05) is 0 Å². The van der Waals surface area contributed by atoms with Crippen LogP contribution in [0.1, 0.15) is 62.4 Å². The fourth-order valence-electron chi connectivity index (χ4n) is 3.77. The molecule has 0 unspecified atom stereocenters. The molecule has 1 aromatic carbocycles. The van der Waals surface area contributed by atoms with Gasteiger partial charge in [-0.1, -0.05) is 44.4 Å². The second-order valence-electron chi connectivity index (χ2n) is 7.25. The van der Waals surface area contributed by atoms with E-state index in [-0.39, 0.29) is 23.1 Å². The zero-order valence-electron chi connectivity index (χ0n) is 15.6. The van der Waals surface area contributed by atoms with Gasteiger partial charge in [-0.3, -0.25) is 25.2 Å². The Bertz CT molecular complexity index is 869. The van der Waals surface area contributed by atoms with E-state index in [1.54, 1.807) is 24.3 Å². The van der Waals surface area contributed by atoms with Crippen LogP contribution >= 0.6 is 0 Å². The monoisotopic (exact) mass is 370 g/mol. The van der Waals surface area contributed by atoms with Crippen molar-refractivity contribution >= 4 is 22.6 Å². The van der Waals surface area contributed by atoms with E-state index in [2.05, 4.69) is 28.0 Å². The SMILES string of the molecule is CCCCC1CCC(C(=O)NNC(=O)c2n[nH]c(=O)c3ccccc23)CC1. The minimum atomic E-state index is -0.549. The molecule has 7 nitrogen and oxygen atoms in total. The van der Waals surface area contributed by atoms with E-state index in [0.29, 0.717) is 10.8 Å². The Morgan fingerprint density at radius 1 is 1.11 bits per heavy atom. The average Bonchev–Trinajstić information content (AvgIpc) is 2.71. The highest BCUT2D eigenvalue weighted by molar-refractivity contribution is 6.05. The number of hydrazine groups is 1. The maximum Gasteiger partial charge on any atom is 0.290 e. The summed E-state index contributed by atoms with van der Waals surface area (Å²) in [6, 6.07) is 6.74. The molecule has 1 aliphatic rings. The van der Waals surface area contributed by atoms with Gasteiger partial charge < -0.3 is 0 Å². The number of benzene rings is 1. The molecule has 1 aromatic heterocycles. The number of aromatic nitrogens is 2. The molecule has 1 heterocycles. The highest BCUT2D eigenvalue weighted by Crippen LogP contribution is 2.31. The van der Waals surface area contributed by atoms with Crippen LogP contribution in [0.5, 0.6) is 0 Å². The Morgan fingerprint density at radius 3 is 2.52 bits per heavy atom. The molecule has 0 radical (unpaired) electrons. The Labute approximate surface area is 157 Å². The second-order valence-corrected chi connectivity index (χ2v) is 7.25. The molecular formula is C20H26N4O3. The first-order chi connectivity index (χ1) is 13.1. The molecule has 0 saturated heterocycles. The smallest absolute Gasteiger partial charge is 0.273 e. The number of aromatic amines is 1. The third-order valence-corrected chi connectivity index (χ3v) is 5.39. The van der Waals surface area contributed by atoms with Crippen LogP contribution in [0.25, 0.3) is 10.8 Å². The highest BCUT2D eigenvalue weighted by atomic mass is 16.2. The predicted molar refractivity (Wildman–Crippen MR) is 103 cm³/mol. The van der Waals surface area contributed by atoms with Crippen molar-refractivity contribution in [3.8, 4) is 0 Å². The number of hydrogen-bond donors (Lipinski definition) is 3. The number of nitrogens with zero attached hydrogens (tertiary/aromatic N) is 1. The van der Waals surface area contributed by atoms with Crippen LogP contribution in [0.4, 0.5) is 0 Å². The van der Waals surface area contributed by atoms with Crippen LogP contribution in [-0.4, -0.2) is 22.0 Å². The number of amides is 2. The first-order valence-corrected chi connectivity index (χ1v) is 9.67. The van der Waals surface area contributed by atoms with Crippen molar-refractivity contribution in [1.29, 1.82) is 0 Å². The van der Waals surface area contributed by atoms with E-state index in [0.717, 1.165) is 31.6 Å². The number of carbonyl (C=O) groups excluding carboxylic acids is 2. The topological polar surface area (TPSA) is 104 Å². The lowest BCUT2D eigenvalue weighted by Crippen LogP contribution is -2.45. The molecular weight excluding hydrogens is 344 g/mol. The third-order valence-electron chi connectivity index (χ3n) is 5.39. The van der Waals surface area contributed by atoms with E-state index in [9.17, 15) is 14.4 Å². The summed E-state index contributed by atoms with van der Waals surface area (Å²) in [5.41, 5.74) is 4.67. The van der Waals surface area contributed by atoms with E-state index >= 15 is 0 Å². The van der Waals surface area contributed by atoms with Gasteiger partial charge in [-0.2, -0.15) is 5.10 Å². The zero-order valence-corrected chi connectivity index (χ0v) is 15.6. The maximum atomic E-state index is 12.4. The zero-order chi connectivity index (χ0) is 19.2. The lowest BCUT2D eigenvalue weighted by Gasteiger charge is -2.27. The van der Waals surface area contributed by atoms with Crippen molar-refractivity contribution in [1.82, 2.24) is 21.0 Å². The molecule has 3 rings (SSSR count). The summed E-state index contributed by atoms with van der Waals surface area (Å²) in [5.74, 6) is -0.0535. The Hall–Kier alpha value is -2.70. The number of fused-ring (bicyclic) bond motifs is 1. The number of carbonyl (C=O) groups is 2. The molecule has 1 saturated carbocycles. The van der Waals surface area contributed by atoms with Crippen molar-refractivity contribution in [2.24, 2.45) is 11.8 Å². The number of unbranched alkanes of at least 4 members (excludes halogenated alkanes) is 1. The van der Waals surface area contributed by atoms with Gasteiger partial charge in [-0.25, -0.2) is 5.10 Å². The normalized spacial score (nSPS) is 19.6. The molecule has 0 spiro atoms. The summed E-state index contributed by atoms with van der Waals surface area (Å²) in [4.78, 5) is 36.6. The average molecular weight is 370 g/mol. The van der Waals surface area contributed by atoms with Gasteiger partial charge >= 0.3 is 0 Å². The van der Waals surface area contributed by atoms with Crippen LogP contribution in [0.15, 0.2) is 29.1 Å². The van der Waals surface area contributed by atoms with Gasteiger partial charge in [0.1, 0.15) is 0 Å². The van der Waals surface area contributed by atoms with Gasteiger partial charge in [0, 0.05) is 11.3 Å². The molecule has 2 aromatic rings. The summed E-state index contributed by atoms with van der Waals surface area (Å²) >= 11 is 0. The van der Waals surface area contributed by atoms with Crippen LogP contribution in [0.2, 0.25) is 0 Å². The van der Waals surface area contributed by atoms with E-state index < -0.39 is 5.91 Å². The molecule has 144 valence electrons. The highest BCUT2D eigenvalue weighted by Gasteiger charge is 2.26. The fraction of sp³-hybridized carbons (Fsp3) is 0.500. The molecule has 7 heteroatoms. The number of hydrogen-bond acceptors (Lipinski definition) is 4. The van der Waals surface area contributed by atoms with Crippen LogP contribution in [0, 0.1) is 11.8 Å². The Balaban J connectivity index is 1.56.